The van der Waals surface area contributed by atoms with Gasteiger partial charge in [-0.05, 0) is 37.8 Å². The minimum Gasteiger partial charge on any atom is -0.385 e. The minimum atomic E-state index is -3.64. The number of primary sulfonamides is 1. The molecule has 1 unspecified atom stereocenters. The fourth-order valence-corrected chi connectivity index (χ4v) is 4.02. The highest BCUT2D eigenvalue weighted by Gasteiger charge is 2.32. The third-order valence-electron chi connectivity index (χ3n) is 2.71. The molecular formula is C9H13NO3S2. The monoisotopic (exact) mass is 247 g/mol. The Bertz CT molecular complexity index is 487. The van der Waals surface area contributed by atoms with Crippen molar-refractivity contribution in [3.63, 3.8) is 0 Å². The van der Waals surface area contributed by atoms with Gasteiger partial charge in [0.25, 0.3) is 0 Å². The minimum absolute atomic E-state index is 0.148. The fraction of sp³-hybridized carbons (Fsp3) is 0.556. The van der Waals surface area contributed by atoms with E-state index in [1.165, 1.54) is 17.4 Å². The molecule has 0 radical (unpaired) electrons. The van der Waals surface area contributed by atoms with Crippen LogP contribution in [0, 0.1) is 0 Å². The summed E-state index contributed by atoms with van der Waals surface area (Å²) in [7, 11) is -3.64. The third kappa shape index (κ3) is 1.94. The molecule has 1 aromatic rings. The lowest BCUT2D eigenvalue weighted by atomic mass is 9.85. The van der Waals surface area contributed by atoms with E-state index in [9.17, 15) is 13.5 Å². The zero-order chi connectivity index (χ0) is 11.3. The van der Waals surface area contributed by atoms with Crippen LogP contribution in [0.2, 0.25) is 0 Å². The molecule has 2 rings (SSSR count). The second-order valence-electron chi connectivity index (χ2n) is 4.07. The van der Waals surface area contributed by atoms with Gasteiger partial charge >= 0.3 is 0 Å². The molecule has 1 atom stereocenters. The van der Waals surface area contributed by atoms with E-state index in [1.54, 1.807) is 6.92 Å². The highest BCUT2D eigenvalue weighted by atomic mass is 32.2. The van der Waals surface area contributed by atoms with Crippen molar-refractivity contribution in [1.82, 2.24) is 0 Å². The molecule has 0 amide bonds. The number of nitrogens with two attached hydrogens (primary N) is 1. The second kappa shape index (κ2) is 3.28. The quantitative estimate of drug-likeness (QED) is 0.775. The van der Waals surface area contributed by atoms with Gasteiger partial charge in [-0.15, -0.1) is 11.3 Å². The van der Waals surface area contributed by atoms with Crippen LogP contribution in [0.1, 0.15) is 30.2 Å². The maximum absolute atomic E-state index is 11.2. The van der Waals surface area contributed by atoms with E-state index >= 15 is 0 Å². The molecule has 0 saturated heterocycles. The van der Waals surface area contributed by atoms with Gasteiger partial charge in [0.2, 0.25) is 10.0 Å². The first-order chi connectivity index (χ1) is 6.81. The van der Waals surface area contributed by atoms with Crippen LogP contribution in [0.25, 0.3) is 0 Å². The zero-order valence-corrected chi connectivity index (χ0v) is 9.99. The smallest absolute Gasteiger partial charge is 0.247 e. The number of fused-ring (bicyclic) bond motifs is 1. The van der Waals surface area contributed by atoms with Crippen LogP contribution >= 0.6 is 11.3 Å². The predicted molar refractivity (Wildman–Crippen MR) is 58.2 cm³/mol. The van der Waals surface area contributed by atoms with Gasteiger partial charge in [0.1, 0.15) is 4.21 Å². The molecule has 0 aromatic carbocycles. The van der Waals surface area contributed by atoms with Gasteiger partial charge in [-0.1, -0.05) is 0 Å². The summed E-state index contributed by atoms with van der Waals surface area (Å²) in [5.41, 5.74) is -0.185. The molecule has 0 aliphatic heterocycles. The number of hydrogen-bond acceptors (Lipinski definition) is 4. The molecule has 6 heteroatoms. The summed E-state index contributed by atoms with van der Waals surface area (Å²) in [5.74, 6) is 0. The summed E-state index contributed by atoms with van der Waals surface area (Å²) >= 11 is 1.17. The molecule has 1 aromatic heterocycles. The van der Waals surface area contributed by atoms with Crippen molar-refractivity contribution in [3.05, 3.63) is 16.5 Å². The molecule has 15 heavy (non-hydrogen) atoms. The summed E-state index contributed by atoms with van der Waals surface area (Å²) in [4.78, 5) is 0.940. The van der Waals surface area contributed by atoms with Crippen LogP contribution < -0.4 is 5.14 Å². The van der Waals surface area contributed by atoms with Crippen LogP contribution in [-0.4, -0.2) is 13.5 Å². The summed E-state index contributed by atoms with van der Waals surface area (Å²) < 4.78 is 22.5. The molecular weight excluding hydrogens is 234 g/mol. The average Bonchev–Trinajstić information content (AvgIpc) is 2.47. The largest absolute Gasteiger partial charge is 0.385 e. The van der Waals surface area contributed by atoms with Crippen LogP contribution in [0.15, 0.2) is 10.3 Å². The van der Waals surface area contributed by atoms with E-state index in [0.29, 0.717) is 6.42 Å². The van der Waals surface area contributed by atoms with E-state index < -0.39 is 15.6 Å². The maximum atomic E-state index is 11.2. The summed E-state index contributed by atoms with van der Waals surface area (Å²) in [6.07, 6.45) is 2.37. The fourth-order valence-electron chi connectivity index (χ4n) is 1.91. The van der Waals surface area contributed by atoms with E-state index in [2.05, 4.69) is 0 Å². The van der Waals surface area contributed by atoms with Crippen molar-refractivity contribution >= 4 is 21.4 Å². The summed E-state index contributed by atoms with van der Waals surface area (Å²) in [5, 5.41) is 15.1. The highest BCUT2D eigenvalue weighted by molar-refractivity contribution is 7.91. The van der Waals surface area contributed by atoms with E-state index in [1.807, 2.05) is 0 Å². The number of aryl methyl sites for hydroxylation is 1. The molecule has 0 spiro atoms. The standard InChI is InChI=1S/C9H13NO3S2/c1-9(11)4-2-3-7-6(9)5-8(14-7)15(10,12)13/h5,11H,2-4H2,1H3,(H2,10,12,13). The Morgan fingerprint density at radius 3 is 2.80 bits per heavy atom. The van der Waals surface area contributed by atoms with Crippen molar-refractivity contribution in [2.24, 2.45) is 5.14 Å². The van der Waals surface area contributed by atoms with Crippen molar-refractivity contribution < 1.29 is 13.5 Å². The SMILES string of the molecule is CC1(O)CCCc2sc(S(N)(=O)=O)cc21. The van der Waals surface area contributed by atoms with Crippen molar-refractivity contribution in [2.45, 2.75) is 36.0 Å². The van der Waals surface area contributed by atoms with Crippen LogP contribution in [0.4, 0.5) is 0 Å². The Morgan fingerprint density at radius 1 is 1.60 bits per heavy atom. The first-order valence-corrected chi connectivity index (χ1v) is 7.05. The number of sulfonamides is 1. The van der Waals surface area contributed by atoms with Gasteiger partial charge in [0.05, 0.1) is 5.60 Å². The molecule has 0 saturated carbocycles. The summed E-state index contributed by atoms with van der Waals surface area (Å²) in [6, 6.07) is 1.51. The zero-order valence-electron chi connectivity index (χ0n) is 8.36. The van der Waals surface area contributed by atoms with Crippen molar-refractivity contribution in [3.8, 4) is 0 Å². The number of hydrogen-bond donors (Lipinski definition) is 2. The van der Waals surface area contributed by atoms with Gasteiger partial charge in [0, 0.05) is 4.88 Å². The Labute approximate surface area is 92.8 Å². The van der Waals surface area contributed by atoms with Gasteiger partial charge < -0.3 is 5.11 Å². The van der Waals surface area contributed by atoms with Gasteiger partial charge in [-0.3, -0.25) is 0 Å². The number of aliphatic hydroxyl groups is 1. The molecule has 0 fully saturated rings. The van der Waals surface area contributed by atoms with Crippen LogP contribution in [0.5, 0.6) is 0 Å². The topological polar surface area (TPSA) is 80.4 Å². The lowest BCUT2D eigenvalue weighted by Crippen LogP contribution is -2.25. The second-order valence-corrected chi connectivity index (χ2v) is 7.00. The molecule has 4 nitrogen and oxygen atoms in total. The first kappa shape index (κ1) is 11.1. The predicted octanol–water partition coefficient (Wildman–Crippen LogP) is 0.939. The van der Waals surface area contributed by atoms with E-state index in [0.717, 1.165) is 23.3 Å². The van der Waals surface area contributed by atoms with Gasteiger partial charge in [-0.2, -0.15) is 0 Å². The maximum Gasteiger partial charge on any atom is 0.247 e. The Balaban J connectivity index is 2.57. The molecule has 3 N–H and O–H groups in total. The number of thiophene rings is 1. The van der Waals surface area contributed by atoms with Crippen LogP contribution in [-0.2, 0) is 22.0 Å². The van der Waals surface area contributed by atoms with E-state index in [-0.39, 0.29) is 4.21 Å². The van der Waals surface area contributed by atoms with Crippen molar-refractivity contribution in [2.75, 3.05) is 0 Å². The Kier molecular flexibility index (Phi) is 2.42. The van der Waals surface area contributed by atoms with E-state index in [4.69, 9.17) is 5.14 Å². The lowest BCUT2D eigenvalue weighted by Gasteiger charge is -2.28. The van der Waals surface area contributed by atoms with Gasteiger partial charge in [0.15, 0.2) is 0 Å². The third-order valence-corrected chi connectivity index (χ3v) is 5.33. The highest BCUT2D eigenvalue weighted by Crippen LogP contribution is 2.40. The molecule has 1 aliphatic rings. The molecule has 0 bridgehead atoms. The lowest BCUT2D eigenvalue weighted by molar-refractivity contribution is 0.0395. The molecule has 84 valence electrons. The van der Waals surface area contributed by atoms with Crippen LogP contribution in [0.3, 0.4) is 0 Å². The van der Waals surface area contributed by atoms with Gasteiger partial charge in [-0.25, -0.2) is 13.6 Å². The first-order valence-electron chi connectivity index (χ1n) is 4.69. The Hall–Kier alpha value is -0.430. The normalized spacial score (nSPS) is 26.3. The summed E-state index contributed by atoms with van der Waals surface area (Å²) in [6.45, 7) is 1.71. The number of rotatable bonds is 1. The Morgan fingerprint density at radius 2 is 2.27 bits per heavy atom. The van der Waals surface area contributed by atoms with Crippen molar-refractivity contribution in [1.29, 1.82) is 0 Å². The molecule has 1 heterocycles. The average molecular weight is 247 g/mol. The molecule has 1 aliphatic carbocycles.